The molecule has 1 saturated heterocycles. The highest BCUT2D eigenvalue weighted by atomic mass is 32.2. The molecule has 3 rings (SSSR count). The van der Waals surface area contributed by atoms with E-state index >= 15 is 0 Å². The highest BCUT2D eigenvalue weighted by Crippen LogP contribution is 2.31. The number of thioether (sulfide) groups is 1. The van der Waals surface area contributed by atoms with Crippen LogP contribution in [0, 0.1) is 6.92 Å². The lowest BCUT2D eigenvalue weighted by atomic mass is 10.0. The van der Waals surface area contributed by atoms with Crippen LogP contribution >= 0.6 is 11.8 Å². The zero-order valence-corrected chi connectivity index (χ0v) is 10.3. The van der Waals surface area contributed by atoms with E-state index in [2.05, 4.69) is 46.4 Å². The van der Waals surface area contributed by atoms with Crippen LogP contribution in [0.5, 0.6) is 0 Å². The topological polar surface area (TPSA) is 17.3 Å². The fraction of sp³-hybridized carbons (Fsp3) is 0.462. The van der Waals surface area contributed by atoms with Gasteiger partial charge in [0.25, 0.3) is 0 Å². The van der Waals surface area contributed by atoms with E-state index in [1.54, 1.807) is 0 Å². The molecule has 0 aromatic carbocycles. The molecular weight excluding hydrogens is 216 g/mol. The smallest absolute Gasteiger partial charge is 0.116 e. The second kappa shape index (κ2) is 4.13. The van der Waals surface area contributed by atoms with Crippen LogP contribution in [-0.4, -0.2) is 20.9 Å². The third-order valence-corrected chi connectivity index (χ3v) is 4.45. The predicted octanol–water partition coefficient (Wildman–Crippen LogP) is 3.25. The average Bonchev–Trinajstić information content (AvgIpc) is 2.75. The number of aryl methyl sites for hydroxylation is 1. The van der Waals surface area contributed by atoms with Gasteiger partial charge >= 0.3 is 0 Å². The molecule has 1 aliphatic heterocycles. The summed E-state index contributed by atoms with van der Waals surface area (Å²) >= 11 is 2.07. The Morgan fingerprint density at radius 1 is 1.38 bits per heavy atom. The summed E-state index contributed by atoms with van der Waals surface area (Å²) in [4.78, 5) is 4.63. The number of hydrogen-bond acceptors (Lipinski definition) is 2. The molecule has 0 atom stereocenters. The van der Waals surface area contributed by atoms with Crippen molar-refractivity contribution in [2.24, 2.45) is 0 Å². The van der Waals surface area contributed by atoms with Gasteiger partial charge in [-0.25, -0.2) is 4.98 Å². The van der Waals surface area contributed by atoms with E-state index in [0.29, 0.717) is 5.92 Å². The first-order valence-corrected chi connectivity index (χ1v) is 7.02. The van der Waals surface area contributed by atoms with Crippen LogP contribution in [0.1, 0.15) is 30.1 Å². The summed E-state index contributed by atoms with van der Waals surface area (Å²) in [7, 11) is 0. The normalized spacial score (nSPS) is 18.1. The van der Waals surface area contributed by atoms with Crippen molar-refractivity contribution in [3.05, 3.63) is 35.9 Å². The van der Waals surface area contributed by atoms with Crippen LogP contribution in [0.25, 0.3) is 5.52 Å². The molecule has 16 heavy (non-hydrogen) atoms. The van der Waals surface area contributed by atoms with Crippen molar-refractivity contribution >= 4 is 17.3 Å². The molecule has 0 saturated carbocycles. The second-order valence-corrected chi connectivity index (χ2v) is 5.67. The van der Waals surface area contributed by atoms with Gasteiger partial charge in [0, 0.05) is 12.1 Å². The first kappa shape index (κ1) is 10.2. The van der Waals surface area contributed by atoms with E-state index in [1.807, 2.05) is 6.20 Å². The quantitative estimate of drug-likeness (QED) is 0.751. The number of nitrogens with zero attached hydrogens (tertiary/aromatic N) is 2. The molecule has 0 aliphatic carbocycles. The van der Waals surface area contributed by atoms with Crippen LogP contribution in [0.15, 0.2) is 24.5 Å². The summed E-state index contributed by atoms with van der Waals surface area (Å²) in [6.45, 7) is 2.15. The van der Waals surface area contributed by atoms with Gasteiger partial charge in [-0.2, -0.15) is 11.8 Å². The van der Waals surface area contributed by atoms with Crippen molar-refractivity contribution in [1.82, 2.24) is 9.38 Å². The van der Waals surface area contributed by atoms with Gasteiger partial charge in [0.05, 0.1) is 11.7 Å². The molecule has 0 amide bonds. The molecule has 1 aliphatic rings. The molecule has 0 radical (unpaired) electrons. The highest BCUT2D eigenvalue weighted by Gasteiger charge is 2.20. The fourth-order valence-electron chi connectivity index (χ4n) is 2.44. The van der Waals surface area contributed by atoms with E-state index in [-0.39, 0.29) is 0 Å². The Kier molecular flexibility index (Phi) is 2.64. The zero-order chi connectivity index (χ0) is 11.0. The van der Waals surface area contributed by atoms with Crippen molar-refractivity contribution in [3.8, 4) is 0 Å². The average molecular weight is 232 g/mol. The Morgan fingerprint density at radius 2 is 2.19 bits per heavy atom. The minimum Gasteiger partial charge on any atom is -0.303 e. The highest BCUT2D eigenvalue weighted by molar-refractivity contribution is 7.99. The van der Waals surface area contributed by atoms with E-state index in [4.69, 9.17) is 0 Å². The molecule has 2 nitrogen and oxygen atoms in total. The van der Waals surface area contributed by atoms with Crippen molar-refractivity contribution in [2.45, 2.75) is 25.7 Å². The minimum atomic E-state index is 0.658. The van der Waals surface area contributed by atoms with Gasteiger partial charge in [0.1, 0.15) is 5.82 Å². The van der Waals surface area contributed by atoms with Gasteiger partial charge in [-0.15, -0.1) is 0 Å². The van der Waals surface area contributed by atoms with Gasteiger partial charge in [0.15, 0.2) is 0 Å². The maximum Gasteiger partial charge on any atom is 0.116 e. The Bertz CT molecular complexity index is 498. The summed E-state index contributed by atoms with van der Waals surface area (Å²) in [6.07, 6.45) is 6.72. The molecule has 1 fully saturated rings. The van der Waals surface area contributed by atoms with E-state index in [9.17, 15) is 0 Å². The minimum absolute atomic E-state index is 0.658. The first-order valence-electron chi connectivity index (χ1n) is 5.86. The summed E-state index contributed by atoms with van der Waals surface area (Å²) in [5, 5.41) is 0. The first-order chi connectivity index (χ1) is 7.86. The number of pyridine rings is 1. The summed E-state index contributed by atoms with van der Waals surface area (Å²) in [5.74, 6) is 4.49. The molecular formula is C13H16N2S. The van der Waals surface area contributed by atoms with Crippen LogP contribution in [0.3, 0.4) is 0 Å². The van der Waals surface area contributed by atoms with Crippen LogP contribution in [0.2, 0.25) is 0 Å². The van der Waals surface area contributed by atoms with Crippen molar-refractivity contribution < 1.29 is 0 Å². The number of imidazole rings is 1. The van der Waals surface area contributed by atoms with Crippen LogP contribution in [0.4, 0.5) is 0 Å². The lowest BCUT2D eigenvalue weighted by Crippen LogP contribution is -2.11. The number of rotatable bonds is 1. The van der Waals surface area contributed by atoms with E-state index in [0.717, 1.165) is 0 Å². The van der Waals surface area contributed by atoms with Crippen LogP contribution in [-0.2, 0) is 0 Å². The van der Waals surface area contributed by atoms with Gasteiger partial charge in [0.2, 0.25) is 0 Å². The standard InChI is InChI=1S/C13H16N2S/c1-10-3-2-6-15-12(10)9-14-13(15)11-4-7-16-8-5-11/h2-3,6,9,11H,4-5,7-8H2,1H3. The number of aromatic nitrogens is 2. The Labute approximate surface area is 100 Å². The Morgan fingerprint density at radius 3 is 3.00 bits per heavy atom. The molecule has 0 unspecified atom stereocenters. The monoisotopic (exact) mass is 232 g/mol. The van der Waals surface area contributed by atoms with Crippen LogP contribution < -0.4 is 0 Å². The third-order valence-electron chi connectivity index (χ3n) is 3.40. The van der Waals surface area contributed by atoms with Gasteiger partial charge < -0.3 is 4.40 Å². The molecule has 3 heteroatoms. The van der Waals surface area contributed by atoms with Crippen molar-refractivity contribution in [1.29, 1.82) is 0 Å². The molecule has 0 bridgehead atoms. The SMILES string of the molecule is Cc1cccn2c(C3CCSCC3)ncc12. The predicted molar refractivity (Wildman–Crippen MR) is 69.2 cm³/mol. The van der Waals surface area contributed by atoms with E-state index in [1.165, 1.54) is 41.3 Å². The lowest BCUT2D eigenvalue weighted by molar-refractivity contribution is 0.596. The molecule has 2 aromatic rings. The summed E-state index contributed by atoms with van der Waals surface area (Å²) < 4.78 is 2.27. The largest absolute Gasteiger partial charge is 0.303 e. The lowest BCUT2D eigenvalue weighted by Gasteiger charge is -2.20. The maximum atomic E-state index is 4.63. The second-order valence-electron chi connectivity index (χ2n) is 4.45. The fourth-order valence-corrected chi connectivity index (χ4v) is 3.55. The maximum absolute atomic E-state index is 4.63. The molecule has 0 spiro atoms. The van der Waals surface area contributed by atoms with Crippen molar-refractivity contribution in [2.75, 3.05) is 11.5 Å². The summed E-state index contributed by atoms with van der Waals surface area (Å²) in [6, 6.07) is 4.27. The summed E-state index contributed by atoms with van der Waals surface area (Å²) in [5.41, 5.74) is 2.57. The number of hydrogen-bond donors (Lipinski definition) is 0. The Hall–Kier alpha value is -0.960. The Balaban J connectivity index is 2.06. The molecule has 2 aromatic heterocycles. The van der Waals surface area contributed by atoms with Gasteiger partial charge in [-0.3, -0.25) is 0 Å². The van der Waals surface area contributed by atoms with E-state index < -0.39 is 0 Å². The van der Waals surface area contributed by atoms with Gasteiger partial charge in [-0.1, -0.05) is 6.07 Å². The zero-order valence-electron chi connectivity index (χ0n) is 9.52. The third kappa shape index (κ3) is 1.63. The number of fused-ring (bicyclic) bond motifs is 1. The van der Waals surface area contributed by atoms with Gasteiger partial charge in [-0.05, 0) is 42.9 Å². The molecule has 0 N–H and O–H groups in total. The molecule has 84 valence electrons. The molecule has 3 heterocycles. The van der Waals surface area contributed by atoms with Crippen molar-refractivity contribution in [3.63, 3.8) is 0 Å².